The number of fused-ring (bicyclic) bond motifs is 1. The molecule has 2 N–H and O–H groups in total. The van der Waals surface area contributed by atoms with Crippen LogP contribution in [0, 0.1) is 0 Å². The summed E-state index contributed by atoms with van der Waals surface area (Å²) in [4.78, 5) is 16.9. The highest BCUT2D eigenvalue weighted by Crippen LogP contribution is 2.23. The highest BCUT2D eigenvalue weighted by Gasteiger charge is 2.20. The molecule has 1 amide bonds. The standard InChI is InChI=1S/C15H19ClN2O2/c1-15(2,20)9-18(3)14(19)6-10-8-17-13-5-4-11(16)7-12(10)13/h4-5,7-8,17,20H,6,9H2,1-3H3. The molecule has 1 aromatic heterocycles. The van der Waals surface area contributed by atoms with Gasteiger partial charge in [0.2, 0.25) is 5.91 Å². The van der Waals surface area contributed by atoms with Gasteiger partial charge in [0.05, 0.1) is 12.0 Å². The molecule has 2 aromatic rings. The summed E-state index contributed by atoms with van der Waals surface area (Å²) in [6.07, 6.45) is 2.11. The van der Waals surface area contributed by atoms with Crippen molar-refractivity contribution >= 4 is 28.4 Å². The van der Waals surface area contributed by atoms with Crippen LogP contribution in [-0.4, -0.2) is 40.1 Å². The molecule has 0 atom stereocenters. The zero-order valence-corrected chi connectivity index (χ0v) is 12.7. The van der Waals surface area contributed by atoms with Crippen LogP contribution >= 0.6 is 11.6 Å². The predicted octanol–water partition coefficient (Wildman–Crippen LogP) is 2.59. The minimum Gasteiger partial charge on any atom is -0.389 e. The van der Waals surface area contributed by atoms with Gasteiger partial charge in [-0.2, -0.15) is 0 Å². The zero-order chi connectivity index (χ0) is 14.9. The predicted molar refractivity (Wildman–Crippen MR) is 80.9 cm³/mol. The number of carbonyl (C=O) groups is 1. The minimum atomic E-state index is -0.895. The Hall–Kier alpha value is -1.52. The smallest absolute Gasteiger partial charge is 0.226 e. The molecule has 5 heteroatoms. The monoisotopic (exact) mass is 294 g/mol. The first-order chi connectivity index (χ1) is 9.26. The lowest BCUT2D eigenvalue weighted by Crippen LogP contribution is -2.40. The lowest BCUT2D eigenvalue weighted by atomic mass is 10.1. The first-order valence-corrected chi connectivity index (χ1v) is 6.86. The van der Waals surface area contributed by atoms with Crippen molar-refractivity contribution in [1.82, 2.24) is 9.88 Å². The molecular weight excluding hydrogens is 276 g/mol. The van der Waals surface area contributed by atoms with Crippen molar-refractivity contribution in [3.63, 3.8) is 0 Å². The Labute approximate surface area is 123 Å². The second kappa shape index (κ2) is 5.46. The van der Waals surface area contributed by atoms with Gasteiger partial charge in [0, 0.05) is 35.7 Å². The molecule has 0 radical (unpaired) electrons. The van der Waals surface area contributed by atoms with Crippen LogP contribution in [-0.2, 0) is 11.2 Å². The molecule has 0 spiro atoms. The number of likely N-dealkylation sites (N-methyl/N-ethyl adjacent to an activating group) is 1. The Balaban J connectivity index is 2.16. The van der Waals surface area contributed by atoms with Crippen LogP contribution in [0.3, 0.4) is 0 Å². The number of hydrogen-bond donors (Lipinski definition) is 2. The Kier molecular flexibility index (Phi) is 4.06. The van der Waals surface area contributed by atoms with Crippen LogP contribution in [0.4, 0.5) is 0 Å². The fourth-order valence-electron chi connectivity index (χ4n) is 2.26. The lowest BCUT2D eigenvalue weighted by molar-refractivity contribution is -0.131. The normalized spacial score (nSPS) is 11.8. The summed E-state index contributed by atoms with van der Waals surface area (Å²) in [5.74, 6) is -0.0343. The number of aromatic nitrogens is 1. The van der Waals surface area contributed by atoms with Crippen LogP contribution in [0.2, 0.25) is 5.02 Å². The van der Waals surface area contributed by atoms with Gasteiger partial charge < -0.3 is 15.0 Å². The van der Waals surface area contributed by atoms with Crippen molar-refractivity contribution in [2.45, 2.75) is 25.9 Å². The fourth-order valence-corrected chi connectivity index (χ4v) is 2.44. The number of amides is 1. The number of aromatic amines is 1. The van der Waals surface area contributed by atoms with E-state index in [2.05, 4.69) is 4.98 Å². The molecule has 0 aliphatic rings. The number of rotatable bonds is 4. The molecule has 0 saturated carbocycles. The average Bonchev–Trinajstić information content (AvgIpc) is 2.69. The number of nitrogens with zero attached hydrogens (tertiary/aromatic N) is 1. The number of H-pyrrole nitrogens is 1. The first-order valence-electron chi connectivity index (χ1n) is 6.48. The molecule has 2 rings (SSSR count). The largest absolute Gasteiger partial charge is 0.389 e. The van der Waals surface area contributed by atoms with E-state index in [0.717, 1.165) is 16.5 Å². The molecule has 0 bridgehead atoms. The fraction of sp³-hybridized carbons (Fsp3) is 0.400. The molecule has 0 aliphatic heterocycles. The van der Waals surface area contributed by atoms with Crippen molar-refractivity contribution in [2.24, 2.45) is 0 Å². The first kappa shape index (κ1) is 14.9. The molecule has 1 heterocycles. The van der Waals surface area contributed by atoms with Gasteiger partial charge in [-0.05, 0) is 37.6 Å². The summed E-state index contributed by atoms with van der Waals surface area (Å²) in [6.45, 7) is 3.67. The third kappa shape index (κ3) is 3.52. The van der Waals surface area contributed by atoms with E-state index in [0.29, 0.717) is 11.6 Å². The van der Waals surface area contributed by atoms with Gasteiger partial charge in [0.25, 0.3) is 0 Å². The van der Waals surface area contributed by atoms with Gasteiger partial charge in [-0.1, -0.05) is 11.6 Å². The van der Waals surface area contributed by atoms with E-state index in [9.17, 15) is 9.90 Å². The van der Waals surface area contributed by atoms with Crippen LogP contribution < -0.4 is 0 Å². The maximum atomic E-state index is 12.2. The average molecular weight is 295 g/mol. The van der Waals surface area contributed by atoms with Gasteiger partial charge in [-0.15, -0.1) is 0 Å². The number of carbonyl (C=O) groups excluding carboxylic acids is 1. The molecule has 0 fully saturated rings. The molecule has 0 saturated heterocycles. The van der Waals surface area contributed by atoms with E-state index >= 15 is 0 Å². The quantitative estimate of drug-likeness (QED) is 0.910. The highest BCUT2D eigenvalue weighted by atomic mass is 35.5. The van der Waals surface area contributed by atoms with Gasteiger partial charge >= 0.3 is 0 Å². The maximum Gasteiger partial charge on any atom is 0.226 e. The summed E-state index contributed by atoms with van der Waals surface area (Å²) in [5.41, 5.74) is 0.978. The molecule has 0 unspecified atom stereocenters. The Bertz CT molecular complexity index is 628. The van der Waals surface area contributed by atoms with Crippen LogP contribution in [0.5, 0.6) is 0 Å². The summed E-state index contributed by atoms with van der Waals surface area (Å²) >= 11 is 5.99. The second-order valence-electron chi connectivity index (χ2n) is 5.74. The topological polar surface area (TPSA) is 56.3 Å². The van der Waals surface area contributed by atoms with Crippen molar-refractivity contribution in [2.75, 3.05) is 13.6 Å². The van der Waals surface area contributed by atoms with Gasteiger partial charge in [-0.3, -0.25) is 4.79 Å². The molecule has 0 aliphatic carbocycles. The lowest BCUT2D eigenvalue weighted by Gasteiger charge is -2.25. The Morgan fingerprint density at radius 1 is 1.45 bits per heavy atom. The van der Waals surface area contributed by atoms with E-state index in [4.69, 9.17) is 11.6 Å². The number of hydrogen-bond acceptors (Lipinski definition) is 2. The summed E-state index contributed by atoms with van der Waals surface area (Å²) in [5, 5.41) is 11.4. The minimum absolute atomic E-state index is 0.0343. The number of aliphatic hydroxyl groups is 1. The third-order valence-corrected chi connectivity index (χ3v) is 3.36. The van der Waals surface area contributed by atoms with E-state index in [1.54, 1.807) is 25.8 Å². The summed E-state index contributed by atoms with van der Waals surface area (Å²) in [6, 6.07) is 5.56. The number of nitrogens with one attached hydrogen (secondary N) is 1. The van der Waals surface area contributed by atoms with Gasteiger partial charge in [0.1, 0.15) is 0 Å². The zero-order valence-electron chi connectivity index (χ0n) is 11.9. The maximum absolute atomic E-state index is 12.2. The van der Waals surface area contributed by atoms with Crippen molar-refractivity contribution < 1.29 is 9.90 Å². The van der Waals surface area contributed by atoms with Crippen molar-refractivity contribution in [1.29, 1.82) is 0 Å². The van der Waals surface area contributed by atoms with Crippen molar-refractivity contribution in [3.8, 4) is 0 Å². The van der Waals surface area contributed by atoms with Gasteiger partial charge in [-0.25, -0.2) is 0 Å². The number of halogens is 1. The molecule has 4 nitrogen and oxygen atoms in total. The summed E-state index contributed by atoms with van der Waals surface area (Å²) < 4.78 is 0. The van der Waals surface area contributed by atoms with E-state index in [1.807, 2.05) is 24.4 Å². The SMILES string of the molecule is CN(CC(C)(C)O)C(=O)Cc1c[nH]c2ccc(Cl)cc12. The van der Waals surface area contributed by atoms with E-state index < -0.39 is 5.60 Å². The van der Waals surface area contributed by atoms with E-state index in [-0.39, 0.29) is 12.3 Å². The Morgan fingerprint density at radius 3 is 2.80 bits per heavy atom. The van der Waals surface area contributed by atoms with Crippen LogP contribution in [0.15, 0.2) is 24.4 Å². The van der Waals surface area contributed by atoms with Crippen molar-refractivity contribution in [3.05, 3.63) is 35.0 Å². The van der Waals surface area contributed by atoms with Gasteiger partial charge in [0.15, 0.2) is 0 Å². The highest BCUT2D eigenvalue weighted by molar-refractivity contribution is 6.31. The van der Waals surface area contributed by atoms with Crippen LogP contribution in [0.25, 0.3) is 10.9 Å². The second-order valence-corrected chi connectivity index (χ2v) is 6.18. The molecule has 108 valence electrons. The Morgan fingerprint density at radius 2 is 2.15 bits per heavy atom. The van der Waals surface area contributed by atoms with Crippen LogP contribution in [0.1, 0.15) is 19.4 Å². The molecule has 1 aromatic carbocycles. The third-order valence-electron chi connectivity index (χ3n) is 3.12. The summed E-state index contributed by atoms with van der Waals surface area (Å²) in [7, 11) is 1.70. The molecule has 20 heavy (non-hydrogen) atoms. The van der Waals surface area contributed by atoms with E-state index in [1.165, 1.54) is 0 Å². The molecular formula is C15H19ClN2O2. The number of benzene rings is 1.